The van der Waals surface area contributed by atoms with Crippen LogP contribution in [0.4, 0.5) is 11.5 Å². The smallest absolute Gasteiger partial charge is 0.274 e. The van der Waals surface area contributed by atoms with Gasteiger partial charge in [0.05, 0.1) is 18.9 Å². The molecule has 1 aromatic heterocycles. The highest BCUT2D eigenvalue weighted by Gasteiger charge is 2.17. The van der Waals surface area contributed by atoms with Crippen molar-refractivity contribution in [1.82, 2.24) is 9.97 Å². The number of hydrogen-bond acceptors (Lipinski definition) is 6. The van der Waals surface area contributed by atoms with Gasteiger partial charge in [-0.1, -0.05) is 12.1 Å². The van der Waals surface area contributed by atoms with Crippen molar-refractivity contribution in [2.24, 2.45) is 0 Å². The monoisotopic (exact) mass is 342 g/mol. The Labute approximate surface area is 146 Å². The van der Waals surface area contributed by atoms with Crippen LogP contribution in [-0.2, 0) is 4.74 Å². The Kier molecular flexibility index (Phi) is 5.45. The third-order valence-corrected chi connectivity index (χ3v) is 3.96. The fourth-order valence-corrected chi connectivity index (χ4v) is 2.73. The van der Waals surface area contributed by atoms with Gasteiger partial charge in [0.15, 0.2) is 0 Å². The summed E-state index contributed by atoms with van der Waals surface area (Å²) in [5, 5.41) is 6.05. The predicted octanol–water partition coefficient (Wildman–Crippen LogP) is 2.64. The highest BCUT2D eigenvalue weighted by atomic mass is 16.5. The first-order valence-electron chi connectivity index (χ1n) is 8.31. The molecular weight excluding hydrogens is 320 g/mol. The fraction of sp³-hybridized carbons (Fsp3) is 0.389. The Morgan fingerprint density at radius 3 is 2.96 bits per heavy atom. The van der Waals surface area contributed by atoms with E-state index in [1.165, 1.54) is 0 Å². The molecule has 1 aliphatic rings. The van der Waals surface area contributed by atoms with Crippen molar-refractivity contribution in [2.45, 2.75) is 25.9 Å². The molecule has 0 bridgehead atoms. The van der Waals surface area contributed by atoms with Crippen LogP contribution < -0.4 is 15.4 Å². The molecule has 0 radical (unpaired) electrons. The third-order valence-electron chi connectivity index (χ3n) is 3.96. The lowest BCUT2D eigenvalue weighted by Gasteiger charge is -2.13. The minimum absolute atomic E-state index is 0.195. The average Bonchev–Trinajstić information content (AvgIpc) is 3.13. The highest BCUT2D eigenvalue weighted by Crippen LogP contribution is 2.23. The zero-order valence-corrected chi connectivity index (χ0v) is 14.4. The summed E-state index contributed by atoms with van der Waals surface area (Å²) in [6, 6.07) is 8.89. The van der Waals surface area contributed by atoms with Crippen molar-refractivity contribution in [3.05, 3.63) is 41.9 Å². The van der Waals surface area contributed by atoms with Crippen LogP contribution in [0.2, 0.25) is 0 Å². The molecule has 1 amide bonds. The first kappa shape index (κ1) is 17.2. The van der Waals surface area contributed by atoms with Crippen molar-refractivity contribution in [2.75, 3.05) is 30.9 Å². The second-order valence-corrected chi connectivity index (χ2v) is 5.86. The molecule has 25 heavy (non-hydrogen) atoms. The SMILES string of the molecule is COc1ccccc1NC(=O)c1cc(NCC2CCCO2)nc(C)n1. The van der Waals surface area contributed by atoms with Crippen LogP contribution in [0.15, 0.2) is 30.3 Å². The molecular formula is C18H22N4O3. The van der Waals surface area contributed by atoms with Gasteiger partial charge in [0, 0.05) is 19.2 Å². The summed E-state index contributed by atoms with van der Waals surface area (Å²) in [6.07, 6.45) is 2.32. The number of aromatic nitrogens is 2. The molecule has 2 aromatic rings. The molecule has 1 atom stereocenters. The summed E-state index contributed by atoms with van der Waals surface area (Å²) in [5.41, 5.74) is 0.897. The number of carbonyl (C=O) groups excluding carboxylic acids is 1. The van der Waals surface area contributed by atoms with E-state index >= 15 is 0 Å². The Morgan fingerprint density at radius 1 is 1.36 bits per heavy atom. The number of ether oxygens (including phenoxy) is 2. The third kappa shape index (κ3) is 4.45. The lowest BCUT2D eigenvalue weighted by Crippen LogP contribution is -2.20. The van der Waals surface area contributed by atoms with Crippen molar-refractivity contribution in [3.63, 3.8) is 0 Å². The van der Waals surface area contributed by atoms with Crippen LogP contribution in [0.3, 0.4) is 0 Å². The number of para-hydroxylation sites is 2. The summed E-state index contributed by atoms with van der Waals surface area (Å²) in [5.74, 6) is 1.43. The van der Waals surface area contributed by atoms with Gasteiger partial charge in [-0.2, -0.15) is 0 Å². The van der Waals surface area contributed by atoms with Gasteiger partial charge >= 0.3 is 0 Å². The normalized spacial score (nSPS) is 16.5. The number of carbonyl (C=O) groups is 1. The highest BCUT2D eigenvalue weighted by molar-refractivity contribution is 6.04. The van der Waals surface area contributed by atoms with Gasteiger partial charge in [-0.05, 0) is 31.9 Å². The molecule has 2 N–H and O–H groups in total. The van der Waals surface area contributed by atoms with E-state index in [4.69, 9.17) is 9.47 Å². The molecule has 0 spiro atoms. The summed E-state index contributed by atoms with van der Waals surface area (Å²) < 4.78 is 10.8. The summed E-state index contributed by atoms with van der Waals surface area (Å²) in [4.78, 5) is 21.1. The minimum Gasteiger partial charge on any atom is -0.495 e. The number of hydrogen-bond donors (Lipinski definition) is 2. The number of nitrogens with zero attached hydrogens (tertiary/aromatic N) is 2. The number of rotatable bonds is 6. The summed E-state index contributed by atoms with van der Waals surface area (Å²) in [7, 11) is 1.56. The van der Waals surface area contributed by atoms with Gasteiger partial charge in [-0.25, -0.2) is 9.97 Å². The molecule has 7 heteroatoms. The minimum atomic E-state index is -0.310. The molecule has 7 nitrogen and oxygen atoms in total. The van der Waals surface area contributed by atoms with Gasteiger partial charge in [0.2, 0.25) is 0 Å². The number of benzene rings is 1. The van der Waals surface area contributed by atoms with E-state index in [1.807, 2.05) is 12.1 Å². The predicted molar refractivity (Wildman–Crippen MR) is 95.2 cm³/mol. The van der Waals surface area contributed by atoms with E-state index in [-0.39, 0.29) is 12.0 Å². The van der Waals surface area contributed by atoms with Crippen molar-refractivity contribution >= 4 is 17.4 Å². The average molecular weight is 342 g/mol. The number of methoxy groups -OCH3 is 1. The Hall–Kier alpha value is -2.67. The number of aryl methyl sites for hydroxylation is 1. The Bertz CT molecular complexity index is 745. The molecule has 132 valence electrons. The van der Waals surface area contributed by atoms with Crippen LogP contribution in [0.1, 0.15) is 29.2 Å². The first-order valence-corrected chi connectivity index (χ1v) is 8.31. The first-order chi connectivity index (χ1) is 12.2. The maximum Gasteiger partial charge on any atom is 0.274 e. The largest absolute Gasteiger partial charge is 0.495 e. The van der Waals surface area contributed by atoms with E-state index < -0.39 is 0 Å². The van der Waals surface area contributed by atoms with Gasteiger partial charge < -0.3 is 20.1 Å². The number of amides is 1. The zero-order valence-electron chi connectivity index (χ0n) is 14.4. The maximum absolute atomic E-state index is 12.5. The molecule has 1 saturated heterocycles. The van der Waals surface area contributed by atoms with Gasteiger partial charge in [-0.15, -0.1) is 0 Å². The van der Waals surface area contributed by atoms with Crippen molar-refractivity contribution in [1.29, 1.82) is 0 Å². The maximum atomic E-state index is 12.5. The summed E-state index contributed by atoms with van der Waals surface area (Å²) >= 11 is 0. The summed E-state index contributed by atoms with van der Waals surface area (Å²) in [6.45, 7) is 3.24. The molecule has 0 aliphatic carbocycles. The standard InChI is InChI=1S/C18H22N4O3/c1-12-20-15(10-17(21-12)19-11-13-6-5-9-25-13)18(23)22-14-7-3-4-8-16(14)24-2/h3-4,7-8,10,13H,5-6,9,11H2,1-2H3,(H,22,23)(H,19,20,21). The lowest BCUT2D eigenvalue weighted by molar-refractivity contribution is 0.102. The van der Waals surface area contributed by atoms with Gasteiger partial charge in [0.25, 0.3) is 5.91 Å². The number of anilines is 2. The van der Waals surface area contributed by atoms with Crippen LogP contribution in [-0.4, -0.2) is 42.2 Å². The Morgan fingerprint density at radius 2 is 2.20 bits per heavy atom. The second-order valence-electron chi connectivity index (χ2n) is 5.86. The molecule has 0 saturated carbocycles. The fourth-order valence-electron chi connectivity index (χ4n) is 2.73. The van der Waals surface area contributed by atoms with E-state index in [1.54, 1.807) is 32.2 Å². The zero-order chi connectivity index (χ0) is 17.6. The second kappa shape index (κ2) is 7.94. The van der Waals surface area contributed by atoms with Crippen LogP contribution in [0.5, 0.6) is 5.75 Å². The molecule has 3 rings (SSSR count). The quantitative estimate of drug-likeness (QED) is 0.839. The van der Waals surface area contributed by atoms with E-state index in [0.29, 0.717) is 35.3 Å². The van der Waals surface area contributed by atoms with Crippen molar-refractivity contribution in [3.8, 4) is 5.75 Å². The van der Waals surface area contributed by atoms with Gasteiger partial charge in [0.1, 0.15) is 23.1 Å². The van der Waals surface area contributed by atoms with Crippen LogP contribution in [0.25, 0.3) is 0 Å². The van der Waals surface area contributed by atoms with E-state index in [2.05, 4.69) is 20.6 Å². The number of nitrogens with one attached hydrogen (secondary N) is 2. The molecule has 1 aromatic carbocycles. The van der Waals surface area contributed by atoms with E-state index in [0.717, 1.165) is 19.4 Å². The molecule has 1 fully saturated rings. The molecule has 2 heterocycles. The van der Waals surface area contributed by atoms with Crippen LogP contribution >= 0.6 is 0 Å². The topological polar surface area (TPSA) is 85.4 Å². The lowest BCUT2D eigenvalue weighted by atomic mass is 10.2. The Balaban J connectivity index is 1.71. The van der Waals surface area contributed by atoms with Crippen molar-refractivity contribution < 1.29 is 14.3 Å². The van der Waals surface area contributed by atoms with E-state index in [9.17, 15) is 4.79 Å². The van der Waals surface area contributed by atoms with Crippen LogP contribution in [0, 0.1) is 6.92 Å². The molecule has 1 aliphatic heterocycles. The molecule has 1 unspecified atom stereocenters. The van der Waals surface area contributed by atoms with Gasteiger partial charge in [-0.3, -0.25) is 4.79 Å².